The standard InChI is InChI=1S/C12H10ClNO/c13-12-4-2-1-3-11(12)10-5-6-14-7-9(10)8-15/h1-7,15H,8H2. The van der Waals surface area contributed by atoms with E-state index in [-0.39, 0.29) is 6.61 Å². The molecule has 0 aliphatic heterocycles. The molecule has 2 rings (SSSR count). The van der Waals surface area contributed by atoms with E-state index in [1.54, 1.807) is 12.4 Å². The molecule has 0 spiro atoms. The van der Waals surface area contributed by atoms with Crippen molar-refractivity contribution in [2.24, 2.45) is 0 Å². The second kappa shape index (κ2) is 4.43. The molecule has 0 unspecified atom stereocenters. The maximum atomic E-state index is 9.19. The van der Waals surface area contributed by atoms with Crippen molar-refractivity contribution in [3.05, 3.63) is 53.3 Å². The Hall–Kier alpha value is -1.38. The van der Waals surface area contributed by atoms with Gasteiger partial charge in [-0.2, -0.15) is 0 Å². The van der Waals surface area contributed by atoms with Crippen LogP contribution in [0.5, 0.6) is 0 Å². The molecule has 1 heterocycles. The molecular weight excluding hydrogens is 210 g/mol. The molecule has 76 valence electrons. The summed E-state index contributed by atoms with van der Waals surface area (Å²) >= 11 is 6.09. The van der Waals surface area contributed by atoms with Crippen molar-refractivity contribution < 1.29 is 5.11 Å². The Kier molecular flexibility index (Phi) is 2.99. The van der Waals surface area contributed by atoms with E-state index >= 15 is 0 Å². The number of aromatic nitrogens is 1. The Bertz CT molecular complexity index is 471. The highest BCUT2D eigenvalue weighted by Crippen LogP contribution is 2.29. The topological polar surface area (TPSA) is 33.1 Å². The fraction of sp³-hybridized carbons (Fsp3) is 0.0833. The van der Waals surface area contributed by atoms with Gasteiger partial charge in [-0.3, -0.25) is 4.98 Å². The largest absolute Gasteiger partial charge is 0.392 e. The van der Waals surface area contributed by atoms with E-state index in [0.29, 0.717) is 5.02 Å². The first-order valence-electron chi connectivity index (χ1n) is 4.61. The molecule has 0 saturated heterocycles. The third-order valence-corrected chi connectivity index (χ3v) is 2.57. The van der Waals surface area contributed by atoms with Crippen LogP contribution >= 0.6 is 11.6 Å². The minimum atomic E-state index is -0.0333. The molecule has 1 N–H and O–H groups in total. The fourth-order valence-corrected chi connectivity index (χ4v) is 1.73. The molecule has 0 saturated carbocycles. The van der Waals surface area contributed by atoms with Crippen LogP contribution in [-0.4, -0.2) is 10.1 Å². The van der Waals surface area contributed by atoms with Gasteiger partial charge in [0.25, 0.3) is 0 Å². The lowest BCUT2D eigenvalue weighted by Gasteiger charge is -2.07. The van der Waals surface area contributed by atoms with Crippen LogP contribution in [-0.2, 0) is 6.61 Å². The summed E-state index contributed by atoms with van der Waals surface area (Å²) in [6.45, 7) is -0.0333. The molecule has 0 atom stereocenters. The summed E-state index contributed by atoms with van der Waals surface area (Å²) in [6.07, 6.45) is 3.34. The summed E-state index contributed by atoms with van der Waals surface area (Å²) in [5, 5.41) is 9.87. The molecule has 0 aliphatic rings. The van der Waals surface area contributed by atoms with E-state index in [1.807, 2.05) is 30.3 Å². The Morgan fingerprint density at radius 3 is 2.67 bits per heavy atom. The lowest BCUT2D eigenvalue weighted by atomic mass is 10.0. The molecule has 0 radical (unpaired) electrons. The van der Waals surface area contributed by atoms with Crippen molar-refractivity contribution in [1.29, 1.82) is 0 Å². The highest BCUT2D eigenvalue weighted by molar-refractivity contribution is 6.33. The Morgan fingerprint density at radius 2 is 1.93 bits per heavy atom. The quantitative estimate of drug-likeness (QED) is 0.843. The van der Waals surface area contributed by atoms with Crippen LogP contribution in [0.4, 0.5) is 0 Å². The summed E-state index contributed by atoms with van der Waals surface area (Å²) in [5.41, 5.74) is 2.63. The lowest BCUT2D eigenvalue weighted by Crippen LogP contribution is -1.90. The number of hydrogen-bond acceptors (Lipinski definition) is 2. The van der Waals surface area contributed by atoms with E-state index in [4.69, 9.17) is 11.6 Å². The Balaban J connectivity index is 2.59. The zero-order valence-corrected chi connectivity index (χ0v) is 8.78. The van der Waals surface area contributed by atoms with Crippen molar-refractivity contribution in [2.75, 3.05) is 0 Å². The van der Waals surface area contributed by atoms with E-state index in [1.165, 1.54) is 0 Å². The first kappa shape index (κ1) is 10.1. The summed E-state index contributed by atoms with van der Waals surface area (Å²) in [7, 11) is 0. The summed E-state index contributed by atoms with van der Waals surface area (Å²) in [4.78, 5) is 3.97. The van der Waals surface area contributed by atoms with Crippen molar-refractivity contribution >= 4 is 11.6 Å². The molecule has 3 heteroatoms. The van der Waals surface area contributed by atoms with Gasteiger partial charge >= 0.3 is 0 Å². The molecule has 2 aromatic rings. The third-order valence-electron chi connectivity index (χ3n) is 2.24. The maximum Gasteiger partial charge on any atom is 0.0702 e. The minimum Gasteiger partial charge on any atom is -0.392 e. The third kappa shape index (κ3) is 2.01. The molecule has 0 aliphatic carbocycles. The van der Waals surface area contributed by atoms with Gasteiger partial charge in [0.15, 0.2) is 0 Å². The second-order valence-corrected chi connectivity index (χ2v) is 3.58. The molecule has 0 amide bonds. The van der Waals surface area contributed by atoms with E-state index in [9.17, 15) is 5.11 Å². The van der Waals surface area contributed by atoms with Gasteiger partial charge in [0, 0.05) is 28.5 Å². The van der Waals surface area contributed by atoms with Gasteiger partial charge in [0.05, 0.1) is 6.61 Å². The smallest absolute Gasteiger partial charge is 0.0702 e. The van der Waals surface area contributed by atoms with Crippen LogP contribution in [0.3, 0.4) is 0 Å². The highest BCUT2D eigenvalue weighted by Gasteiger charge is 2.06. The van der Waals surface area contributed by atoms with Gasteiger partial charge in [0.2, 0.25) is 0 Å². The van der Waals surface area contributed by atoms with Crippen molar-refractivity contribution in [1.82, 2.24) is 4.98 Å². The van der Waals surface area contributed by atoms with E-state index in [2.05, 4.69) is 4.98 Å². The summed E-state index contributed by atoms with van der Waals surface area (Å²) in [5.74, 6) is 0. The average molecular weight is 220 g/mol. The normalized spacial score (nSPS) is 10.3. The Labute approximate surface area is 93.2 Å². The number of nitrogens with zero attached hydrogens (tertiary/aromatic N) is 1. The van der Waals surface area contributed by atoms with Gasteiger partial charge in [-0.25, -0.2) is 0 Å². The molecule has 0 fully saturated rings. The van der Waals surface area contributed by atoms with E-state index < -0.39 is 0 Å². The van der Waals surface area contributed by atoms with Crippen molar-refractivity contribution in [2.45, 2.75) is 6.61 Å². The number of pyridine rings is 1. The number of aliphatic hydroxyl groups excluding tert-OH is 1. The van der Waals surface area contributed by atoms with Gasteiger partial charge in [-0.05, 0) is 17.7 Å². The first-order valence-corrected chi connectivity index (χ1v) is 4.99. The Morgan fingerprint density at radius 1 is 1.13 bits per heavy atom. The van der Waals surface area contributed by atoms with Crippen molar-refractivity contribution in [3.63, 3.8) is 0 Å². The number of hydrogen-bond donors (Lipinski definition) is 1. The predicted molar refractivity (Wildman–Crippen MR) is 60.6 cm³/mol. The molecule has 1 aromatic heterocycles. The van der Waals surface area contributed by atoms with Gasteiger partial charge in [-0.15, -0.1) is 0 Å². The molecule has 15 heavy (non-hydrogen) atoms. The van der Waals surface area contributed by atoms with Crippen LogP contribution in [0.25, 0.3) is 11.1 Å². The fourth-order valence-electron chi connectivity index (χ4n) is 1.50. The maximum absolute atomic E-state index is 9.19. The molecular formula is C12H10ClNO. The van der Waals surface area contributed by atoms with Gasteiger partial charge in [0.1, 0.15) is 0 Å². The SMILES string of the molecule is OCc1cnccc1-c1ccccc1Cl. The van der Waals surface area contributed by atoms with Crippen LogP contribution in [0.2, 0.25) is 5.02 Å². The zero-order chi connectivity index (χ0) is 10.7. The molecule has 0 bridgehead atoms. The monoisotopic (exact) mass is 219 g/mol. The number of benzene rings is 1. The summed E-state index contributed by atoms with van der Waals surface area (Å²) in [6, 6.07) is 9.41. The highest BCUT2D eigenvalue weighted by atomic mass is 35.5. The average Bonchev–Trinajstić information content (AvgIpc) is 2.30. The number of rotatable bonds is 2. The molecule has 2 nitrogen and oxygen atoms in total. The zero-order valence-electron chi connectivity index (χ0n) is 8.02. The van der Waals surface area contributed by atoms with Crippen LogP contribution in [0.1, 0.15) is 5.56 Å². The van der Waals surface area contributed by atoms with Gasteiger partial charge in [-0.1, -0.05) is 29.8 Å². The molecule has 1 aromatic carbocycles. The van der Waals surface area contributed by atoms with Gasteiger partial charge < -0.3 is 5.11 Å². The number of aliphatic hydroxyl groups is 1. The minimum absolute atomic E-state index is 0.0333. The number of halogens is 1. The lowest BCUT2D eigenvalue weighted by molar-refractivity contribution is 0.282. The second-order valence-electron chi connectivity index (χ2n) is 3.17. The summed E-state index contributed by atoms with van der Waals surface area (Å²) < 4.78 is 0. The van der Waals surface area contributed by atoms with Crippen LogP contribution in [0, 0.1) is 0 Å². The van der Waals surface area contributed by atoms with Crippen LogP contribution < -0.4 is 0 Å². The first-order chi connectivity index (χ1) is 7.33. The van der Waals surface area contributed by atoms with Crippen molar-refractivity contribution in [3.8, 4) is 11.1 Å². The van der Waals surface area contributed by atoms with E-state index in [0.717, 1.165) is 16.7 Å². The van der Waals surface area contributed by atoms with Crippen LogP contribution in [0.15, 0.2) is 42.7 Å². The predicted octanol–water partition coefficient (Wildman–Crippen LogP) is 2.89.